The van der Waals surface area contributed by atoms with Gasteiger partial charge in [0.1, 0.15) is 17.1 Å². The number of carbonyl (C=O) groups excluding carboxylic acids is 1. The molecule has 0 unspecified atom stereocenters. The predicted molar refractivity (Wildman–Crippen MR) is 103 cm³/mol. The number of esters is 1. The SMILES string of the molecule is CN(C)S(=O)(=O)c1cc(C(=O)OCc2cc(=O)n3ccccc3n2)ccc1Cl. The van der Waals surface area contributed by atoms with Gasteiger partial charge in [-0.05, 0) is 30.3 Å². The average Bonchev–Trinajstić information content (AvgIpc) is 2.66. The second kappa shape index (κ2) is 7.70. The van der Waals surface area contributed by atoms with E-state index in [0.717, 1.165) is 10.4 Å². The minimum atomic E-state index is -3.82. The first-order valence-corrected chi connectivity index (χ1v) is 9.88. The number of rotatable bonds is 5. The molecule has 146 valence electrons. The van der Waals surface area contributed by atoms with E-state index in [1.807, 2.05) is 0 Å². The Morgan fingerprint density at radius 3 is 2.68 bits per heavy atom. The first kappa shape index (κ1) is 20.0. The lowest BCUT2D eigenvalue weighted by molar-refractivity contribution is 0.0467. The van der Waals surface area contributed by atoms with Crippen molar-refractivity contribution in [1.29, 1.82) is 0 Å². The molecular weight excluding hydrogens is 406 g/mol. The van der Waals surface area contributed by atoms with E-state index in [1.54, 1.807) is 24.4 Å². The molecule has 0 aliphatic heterocycles. The fourth-order valence-electron chi connectivity index (χ4n) is 2.42. The molecule has 0 bridgehead atoms. The number of hydrogen-bond donors (Lipinski definition) is 0. The number of hydrogen-bond acceptors (Lipinski definition) is 6. The van der Waals surface area contributed by atoms with E-state index in [4.69, 9.17) is 16.3 Å². The Kier molecular flexibility index (Phi) is 5.50. The fraction of sp³-hybridized carbons (Fsp3) is 0.167. The van der Waals surface area contributed by atoms with Crippen LogP contribution >= 0.6 is 11.6 Å². The summed E-state index contributed by atoms with van der Waals surface area (Å²) in [5.74, 6) is -0.762. The van der Waals surface area contributed by atoms with E-state index in [1.165, 1.54) is 36.7 Å². The first-order valence-electron chi connectivity index (χ1n) is 8.06. The van der Waals surface area contributed by atoms with Crippen LogP contribution in [0.5, 0.6) is 0 Å². The molecule has 0 atom stereocenters. The summed E-state index contributed by atoms with van der Waals surface area (Å²) >= 11 is 5.97. The number of halogens is 1. The molecule has 3 rings (SSSR count). The molecule has 0 amide bonds. The molecular formula is C18H16ClN3O5S. The van der Waals surface area contributed by atoms with Crippen molar-refractivity contribution in [1.82, 2.24) is 13.7 Å². The van der Waals surface area contributed by atoms with Gasteiger partial charge in [-0.3, -0.25) is 9.20 Å². The lowest BCUT2D eigenvalue weighted by Crippen LogP contribution is -2.23. The largest absolute Gasteiger partial charge is 0.456 e. The topological polar surface area (TPSA) is 98.0 Å². The molecule has 0 saturated heterocycles. The maximum atomic E-state index is 12.3. The third-order valence-corrected chi connectivity index (χ3v) is 6.20. The standard InChI is InChI=1S/C18H16ClN3O5S/c1-21(2)28(25,26)15-9-12(6-7-14(15)19)18(24)27-11-13-10-17(23)22-8-4-3-5-16(22)20-13/h3-10H,11H2,1-2H3. The van der Waals surface area contributed by atoms with Crippen LogP contribution in [0.25, 0.3) is 5.65 Å². The summed E-state index contributed by atoms with van der Waals surface area (Å²) in [6.07, 6.45) is 1.58. The van der Waals surface area contributed by atoms with Crippen molar-refractivity contribution in [2.45, 2.75) is 11.5 Å². The lowest BCUT2D eigenvalue weighted by Gasteiger charge is -2.13. The smallest absolute Gasteiger partial charge is 0.338 e. The Hall–Kier alpha value is -2.75. The Labute approximate surface area is 166 Å². The number of carbonyl (C=O) groups is 1. The van der Waals surface area contributed by atoms with Crippen molar-refractivity contribution >= 4 is 33.2 Å². The zero-order chi connectivity index (χ0) is 20.5. The molecule has 10 heteroatoms. The number of nitrogens with zero attached hydrogens (tertiary/aromatic N) is 3. The molecule has 0 radical (unpaired) electrons. The quantitative estimate of drug-likeness (QED) is 0.584. The number of aromatic nitrogens is 2. The van der Waals surface area contributed by atoms with Crippen LogP contribution in [0.2, 0.25) is 5.02 Å². The van der Waals surface area contributed by atoms with Crippen molar-refractivity contribution in [3.05, 3.63) is 75.3 Å². The summed E-state index contributed by atoms with van der Waals surface area (Å²) < 4.78 is 32.2. The number of pyridine rings is 1. The average molecular weight is 422 g/mol. The van der Waals surface area contributed by atoms with Crippen LogP contribution < -0.4 is 5.56 Å². The van der Waals surface area contributed by atoms with Gasteiger partial charge in [0, 0.05) is 26.4 Å². The van der Waals surface area contributed by atoms with E-state index in [9.17, 15) is 18.0 Å². The predicted octanol–water partition coefficient (Wildman–Crippen LogP) is 1.96. The second-order valence-electron chi connectivity index (χ2n) is 6.02. The van der Waals surface area contributed by atoms with Crippen LogP contribution in [0.1, 0.15) is 16.1 Å². The van der Waals surface area contributed by atoms with Crippen molar-refractivity contribution in [2.75, 3.05) is 14.1 Å². The highest BCUT2D eigenvalue weighted by atomic mass is 35.5. The highest BCUT2D eigenvalue weighted by Crippen LogP contribution is 2.25. The molecule has 3 aromatic rings. The lowest BCUT2D eigenvalue weighted by atomic mass is 10.2. The van der Waals surface area contributed by atoms with Gasteiger partial charge in [-0.15, -0.1) is 0 Å². The molecule has 0 N–H and O–H groups in total. The number of sulfonamides is 1. The molecule has 2 aromatic heterocycles. The summed E-state index contributed by atoms with van der Waals surface area (Å²) in [4.78, 5) is 28.5. The van der Waals surface area contributed by atoms with Crippen molar-refractivity contribution in [3.8, 4) is 0 Å². The molecule has 2 heterocycles. The highest BCUT2D eigenvalue weighted by Gasteiger charge is 2.23. The summed E-state index contributed by atoms with van der Waals surface area (Å²) in [5, 5.41) is -0.00512. The normalized spacial score (nSPS) is 11.7. The van der Waals surface area contributed by atoms with E-state index in [-0.39, 0.29) is 33.3 Å². The third kappa shape index (κ3) is 3.91. The molecule has 0 saturated carbocycles. The minimum Gasteiger partial charge on any atom is -0.456 e. The zero-order valence-electron chi connectivity index (χ0n) is 15.0. The van der Waals surface area contributed by atoms with Crippen molar-refractivity contribution in [3.63, 3.8) is 0 Å². The highest BCUT2D eigenvalue weighted by molar-refractivity contribution is 7.89. The summed E-state index contributed by atoms with van der Waals surface area (Å²) in [6.45, 7) is -0.238. The number of ether oxygens (including phenoxy) is 1. The van der Waals surface area contributed by atoms with Crippen LogP contribution in [0.3, 0.4) is 0 Å². The fourth-order valence-corrected chi connectivity index (χ4v) is 3.82. The van der Waals surface area contributed by atoms with Gasteiger partial charge in [0.15, 0.2) is 0 Å². The molecule has 0 aliphatic rings. The monoisotopic (exact) mass is 421 g/mol. The van der Waals surface area contributed by atoms with Crippen LogP contribution in [-0.2, 0) is 21.4 Å². The van der Waals surface area contributed by atoms with Gasteiger partial charge < -0.3 is 4.74 Å². The molecule has 0 aliphatic carbocycles. The van der Waals surface area contributed by atoms with Crippen molar-refractivity contribution < 1.29 is 17.9 Å². The maximum Gasteiger partial charge on any atom is 0.338 e. The maximum absolute atomic E-state index is 12.3. The van der Waals surface area contributed by atoms with Crippen LogP contribution in [0.4, 0.5) is 0 Å². The Bertz CT molecular complexity index is 1220. The Balaban J connectivity index is 1.84. The van der Waals surface area contributed by atoms with Gasteiger partial charge in [-0.1, -0.05) is 17.7 Å². The third-order valence-electron chi connectivity index (χ3n) is 3.90. The summed E-state index contributed by atoms with van der Waals surface area (Å²) in [6, 6.07) is 10.2. The first-order chi connectivity index (χ1) is 13.2. The number of benzene rings is 1. The van der Waals surface area contributed by atoms with E-state index < -0.39 is 16.0 Å². The van der Waals surface area contributed by atoms with Crippen LogP contribution in [0.15, 0.2) is 58.4 Å². The minimum absolute atomic E-state index is 0.00512. The van der Waals surface area contributed by atoms with Crippen LogP contribution in [-0.4, -0.2) is 42.2 Å². The zero-order valence-corrected chi connectivity index (χ0v) is 16.6. The van der Waals surface area contributed by atoms with Gasteiger partial charge in [0.05, 0.1) is 16.3 Å². The molecule has 1 aromatic carbocycles. The van der Waals surface area contributed by atoms with Gasteiger partial charge in [-0.25, -0.2) is 22.5 Å². The van der Waals surface area contributed by atoms with Gasteiger partial charge in [-0.2, -0.15) is 0 Å². The second-order valence-corrected chi connectivity index (χ2v) is 8.55. The van der Waals surface area contributed by atoms with Gasteiger partial charge in [0.25, 0.3) is 5.56 Å². The molecule has 0 spiro atoms. The van der Waals surface area contributed by atoms with Gasteiger partial charge >= 0.3 is 5.97 Å². The van der Waals surface area contributed by atoms with E-state index in [0.29, 0.717) is 5.65 Å². The molecule has 28 heavy (non-hydrogen) atoms. The van der Waals surface area contributed by atoms with E-state index in [2.05, 4.69) is 4.98 Å². The molecule has 8 nitrogen and oxygen atoms in total. The number of fused-ring (bicyclic) bond motifs is 1. The van der Waals surface area contributed by atoms with Gasteiger partial charge in [0.2, 0.25) is 10.0 Å². The summed E-state index contributed by atoms with van der Waals surface area (Å²) in [7, 11) is -1.10. The van der Waals surface area contributed by atoms with Crippen LogP contribution in [0, 0.1) is 0 Å². The molecule has 0 fully saturated rings. The Morgan fingerprint density at radius 2 is 1.96 bits per heavy atom. The summed E-state index contributed by atoms with van der Waals surface area (Å²) in [5.41, 5.74) is 0.413. The van der Waals surface area contributed by atoms with E-state index >= 15 is 0 Å². The Morgan fingerprint density at radius 1 is 1.21 bits per heavy atom. The van der Waals surface area contributed by atoms with Crippen molar-refractivity contribution in [2.24, 2.45) is 0 Å².